The summed E-state index contributed by atoms with van der Waals surface area (Å²) < 4.78 is 0. The van der Waals surface area contributed by atoms with Gasteiger partial charge in [-0.3, -0.25) is 14.5 Å². The van der Waals surface area contributed by atoms with Gasteiger partial charge in [-0.25, -0.2) is 0 Å². The average molecular weight is 272 g/mol. The SMILES string of the molecule is CC(C)c1cccc(NC2CC(=O)N(C3CC3)C2=O)c1. The van der Waals surface area contributed by atoms with E-state index in [1.807, 2.05) is 12.1 Å². The predicted octanol–water partition coefficient (Wildman–Crippen LogP) is 2.51. The predicted molar refractivity (Wildman–Crippen MR) is 77.4 cm³/mol. The Morgan fingerprint density at radius 1 is 1.25 bits per heavy atom. The molecule has 1 aliphatic heterocycles. The van der Waals surface area contributed by atoms with Gasteiger partial charge in [-0.1, -0.05) is 26.0 Å². The molecule has 1 N–H and O–H groups in total. The molecule has 1 unspecified atom stereocenters. The molecule has 20 heavy (non-hydrogen) atoms. The van der Waals surface area contributed by atoms with E-state index in [0.29, 0.717) is 5.92 Å². The maximum atomic E-state index is 12.3. The number of carbonyl (C=O) groups excluding carboxylic acids is 2. The van der Waals surface area contributed by atoms with Crippen LogP contribution < -0.4 is 5.32 Å². The van der Waals surface area contributed by atoms with Crippen molar-refractivity contribution in [2.45, 2.75) is 51.1 Å². The molecule has 2 amide bonds. The second kappa shape index (κ2) is 4.93. The monoisotopic (exact) mass is 272 g/mol. The minimum absolute atomic E-state index is 0.0324. The highest BCUT2D eigenvalue weighted by Crippen LogP contribution is 2.32. The Kier molecular flexibility index (Phi) is 3.24. The lowest BCUT2D eigenvalue weighted by Crippen LogP contribution is -2.36. The summed E-state index contributed by atoms with van der Waals surface area (Å²) in [5.74, 6) is 0.350. The molecule has 0 bridgehead atoms. The molecule has 4 nitrogen and oxygen atoms in total. The van der Waals surface area contributed by atoms with E-state index in [1.54, 1.807) is 0 Å². The number of imide groups is 1. The first-order valence-electron chi connectivity index (χ1n) is 7.28. The molecule has 2 aliphatic rings. The van der Waals surface area contributed by atoms with Crippen LogP contribution in [0.2, 0.25) is 0 Å². The standard InChI is InChI=1S/C16H20N2O2/c1-10(2)11-4-3-5-12(8-11)17-14-9-15(19)18(16(14)20)13-6-7-13/h3-5,8,10,13-14,17H,6-7,9H2,1-2H3. The molecule has 3 rings (SSSR count). The third-order valence-electron chi connectivity index (χ3n) is 3.99. The molecule has 0 radical (unpaired) electrons. The van der Waals surface area contributed by atoms with E-state index < -0.39 is 6.04 Å². The summed E-state index contributed by atoms with van der Waals surface area (Å²) in [5, 5.41) is 3.22. The molecule has 2 fully saturated rings. The van der Waals surface area contributed by atoms with Crippen molar-refractivity contribution in [2.24, 2.45) is 0 Å². The van der Waals surface area contributed by atoms with Gasteiger partial charge in [-0.2, -0.15) is 0 Å². The maximum Gasteiger partial charge on any atom is 0.252 e. The Balaban J connectivity index is 1.73. The Morgan fingerprint density at radius 2 is 2.00 bits per heavy atom. The van der Waals surface area contributed by atoms with Gasteiger partial charge in [-0.05, 0) is 36.5 Å². The second-order valence-electron chi connectivity index (χ2n) is 6.01. The van der Waals surface area contributed by atoms with Gasteiger partial charge in [0.05, 0.1) is 6.42 Å². The summed E-state index contributed by atoms with van der Waals surface area (Å²) in [6.45, 7) is 4.27. The van der Waals surface area contributed by atoms with Crippen LogP contribution in [0.15, 0.2) is 24.3 Å². The van der Waals surface area contributed by atoms with Crippen LogP contribution in [0.5, 0.6) is 0 Å². The third kappa shape index (κ3) is 2.42. The van der Waals surface area contributed by atoms with Gasteiger partial charge in [0.1, 0.15) is 6.04 Å². The highest BCUT2D eigenvalue weighted by Gasteiger charge is 2.46. The first kappa shape index (κ1) is 13.2. The highest BCUT2D eigenvalue weighted by molar-refractivity contribution is 6.07. The molecule has 1 saturated carbocycles. The normalized spacial score (nSPS) is 22.8. The summed E-state index contributed by atoms with van der Waals surface area (Å²) in [7, 11) is 0. The van der Waals surface area contributed by atoms with E-state index in [4.69, 9.17) is 0 Å². The van der Waals surface area contributed by atoms with Gasteiger partial charge < -0.3 is 5.32 Å². The summed E-state index contributed by atoms with van der Waals surface area (Å²) in [6, 6.07) is 7.84. The summed E-state index contributed by atoms with van der Waals surface area (Å²) in [5.41, 5.74) is 2.14. The fourth-order valence-corrected chi connectivity index (χ4v) is 2.67. The topological polar surface area (TPSA) is 49.4 Å². The van der Waals surface area contributed by atoms with E-state index in [2.05, 4.69) is 31.3 Å². The minimum Gasteiger partial charge on any atom is -0.373 e. The molecule has 1 saturated heterocycles. The first-order valence-corrected chi connectivity index (χ1v) is 7.28. The maximum absolute atomic E-state index is 12.3. The van der Waals surface area contributed by atoms with Crippen LogP contribution in [0.25, 0.3) is 0 Å². The Morgan fingerprint density at radius 3 is 2.65 bits per heavy atom. The van der Waals surface area contributed by atoms with E-state index in [0.717, 1.165) is 18.5 Å². The number of nitrogens with zero attached hydrogens (tertiary/aromatic N) is 1. The van der Waals surface area contributed by atoms with E-state index >= 15 is 0 Å². The molecular formula is C16H20N2O2. The van der Waals surface area contributed by atoms with Crippen LogP contribution in [-0.4, -0.2) is 28.8 Å². The lowest BCUT2D eigenvalue weighted by atomic mass is 10.0. The number of nitrogens with one attached hydrogen (secondary N) is 1. The molecule has 1 heterocycles. The molecule has 0 aromatic heterocycles. The van der Waals surface area contributed by atoms with Crippen molar-refractivity contribution >= 4 is 17.5 Å². The van der Waals surface area contributed by atoms with Crippen molar-refractivity contribution < 1.29 is 9.59 Å². The van der Waals surface area contributed by atoms with Crippen LogP contribution in [0.3, 0.4) is 0 Å². The molecule has 1 aromatic rings. The number of likely N-dealkylation sites (tertiary alicyclic amines) is 1. The zero-order valence-corrected chi connectivity index (χ0v) is 11.9. The van der Waals surface area contributed by atoms with Gasteiger partial charge >= 0.3 is 0 Å². The van der Waals surface area contributed by atoms with Crippen molar-refractivity contribution in [3.8, 4) is 0 Å². The number of anilines is 1. The Bertz CT molecular complexity index is 549. The number of hydrogen-bond acceptors (Lipinski definition) is 3. The fourth-order valence-electron chi connectivity index (χ4n) is 2.67. The molecule has 0 spiro atoms. The molecular weight excluding hydrogens is 252 g/mol. The van der Waals surface area contributed by atoms with Gasteiger partial charge in [0.2, 0.25) is 5.91 Å². The number of hydrogen-bond donors (Lipinski definition) is 1. The number of amides is 2. The quantitative estimate of drug-likeness (QED) is 0.857. The minimum atomic E-state index is -0.398. The Labute approximate surface area is 119 Å². The highest BCUT2D eigenvalue weighted by atomic mass is 16.2. The van der Waals surface area contributed by atoms with Crippen LogP contribution in [-0.2, 0) is 9.59 Å². The molecule has 4 heteroatoms. The smallest absolute Gasteiger partial charge is 0.252 e. The third-order valence-corrected chi connectivity index (χ3v) is 3.99. The molecule has 106 valence electrons. The second-order valence-corrected chi connectivity index (χ2v) is 6.01. The zero-order chi connectivity index (χ0) is 14.3. The summed E-state index contributed by atoms with van der Waals surface area (Å²) in [4.78, 5) is 25.6. The number of rotatable bonds is 4. The van der Waals surface area contributed by atoms with E-state index in [-0.39, 0.29) is 24.3 Å². The molecule has 1 aromatic carbocycles. The molecule has 1 atom stereocenters. The summed E-state index contributed by atoms with van der Waals surface area (Å²) >= 11 is 0. The van der Waals surface area contributed by atoms with Gasteiger partial charge in [0.15, 0.2) is 0 Å². The van der Waals surface area contributed by atoms with Crippen LogP contribution >= 0.6 is 0 Å². The lowest BCUT2D eigenvalue weighted by Gasteiger charge is -2.16. The van der Waals surface area contributed by atoms with Gasteiger partial charge in [0.25, 0.3) is 5.91 Å². The van der Waals surface area contributed by atoms with Crippen molar-refractivity contribution in [3.63, 3.8) is 0 Å². The first-order chi connectivity index (χ1) is 9.56. The van der Waals surface area contributed by atoms with E-state index in [9.17, 15) is 9.59 Å². The number of benzene rings is 1. The molecule has 1 aliphatic carbocycles. The lowest BCUT2D eigenvalue weighted by molar-refractivity contribution is -0.139. The van der Waals surface area contributed by atoms with Gasteiger partial charge in [0, 0.05) is 11.7 Å². The van der Waals surface area contributed by atoms with Crippen LogP contribution in [0.4, 0.5) is 5.69 Å². The van der Waals surface area contributed by atoms with Crippen molar-refractivity contribution in [1.29, 1.82) is 0 Å². The Hall–Kier alpha value is -1.84. The van der Waals surface area contributed by atoms with Crippen LogP contribution in [0.1, 0.15) is 44.6 Å². The number of carbonyl (C=O) groups is 2. The fraction of sp³-hybridized carbons (Fsp3) is 0.500. The van der Waals surface area contributed by atoms with Crippen molar-refractivity contribution in [3.05, 3.63) is 29.8 Å². The summed E-state index contributed by atoms with van der Waals surface area (Å²) in [6.07, 6.45) is 2.21. The van der Waals surface area contributed by atoms with Crippen LogP contribution in [0, 0.1) is 0 Å². The average Bonchev–Trinajstić information content (AvgIpc) is 3.19. The zero-order valence-electron chi connectivity index (χ0n) is 11.9. The van der Waals surface area contributed by atoms with Crippen molar-refractivity contribution in [2.75, 3.05) is 5.32 Å². The largest absolute Gasteiger partial charge is 0.373 e. The van der Waals surface area contributed by atoms with Crippen molar-refractivity contribution in [1.82, 2.24) is 4.90 Å². The van der Waals surface area contributed by atoms with E-state index in [1.165, 1.54) is 10.5 Å². The van der Waals surface area contributed by atoms with Gasteiger partial charge in [-0.15, -0.1) is 0 Å².